The highest BCUT2D eigenvalue weighted by molar-refractivity contribution is 5.65. The third-order valence-electron chi connectivity index (χ3n) is 4.26. The third-order valence-corrected chi connectivity index (χ3v) is 4.26. The van der Waals surface area contributed by atoms with Crippen molar-refractivity contribution in [3.63, 3.8) is 0 Å². The molecule has 0 fully saturated rings. The molecule has 2 aromatic heterocycles. The summed E-state index contributed by atoms with van der Waals surface area (Å²) in [7, 11) is 0. The van der Waals surface area contributed by atoms with Gasteiger partial charge in [-0.2, -0.15) is 4.98 Å². The van der Waals surface area contributed by atoms with Crippen molar-refractivity contribution < 1.29 is 4.42 Å². The first kappa shape index (κ1) is 17.8. The van der Waals surface area contributed by atoms with Crippen LogP contribution in [0.5, 0.6) is 0 Å². The Balaban J connectivity index is 1.69. The van der Waals surface area contributed by atoms with E-state index in [0.717, 1.165) is 30.4 Å². The Morgan fingerprint density at radius 3 is 2.65 bits per heavy atom. The van der Waals surface area contributed by atoms with E-state index < -0.39 is 0 Å². The second-order valence-corrected chi connectivity index (χ2v) is 5.99. The van der Waals surface area contributed by atoms with Gasteiger partial charge in [0.2, 0.25) is 5.95 Å². The number of rotatable bonds is 8. The Kier molecular flexibility index (Phi) is 5.73. The summed E-state index contributed by atoms with van der Waals surface area (Å²) in [5.74, 6) is 2.15. The van der Waals surface area contributed by atoms with Crippen LogP contribution in [0.25, 0.3) is 0 Å². The normalized spacial score (nSPS) is 10.6. The molecule has 2 N–H and O–H groups in total. The van der Waals surface area contributed by atoms with Gasteiger partial charge in [-0.15, -0.1) is 0 Å². The molecule has 0 aliphatic carbocycles. The summed E-state index contributed by atoms with van der Waals surface area (Å²) < 4.78 is 5.31. The summed E-state index contributed by atoms with van der Waals surface area (Å²) in [6.07, 6.45) is 3.39. The highest BCUT2D eigenvalue weighted by atomic mass is 16.3. The smallest absolute Gasteiger partial charge is 0.224 e. The fourth-order valence-electron chi connectivity index (χ4n) is 2.80. The molecule has 0 aliphatic heterocycles. The summed E-state index contributed by atoms with van der Waals surface area (Å²) in [5, 5.41) is 6.54. The molecule has 0 amide bonds. The van der Waals surface area contributed by atoms with Crippen molar-refractivity contribution in [2.75, 3.05) is 28.6 Å². The maximum absolute atomic E-state index is 5.31. The fourth-order valence-corrected chi connectivity index (χ4v) is 2.80. The van der Waals surface area contributed by atoms with Crippen LogP contribution in [-0.2, 0) is 6.54 Å². The van der Waals surface area contributed by atoms with Crippen LogP contribution in [0.2, 0.25) is 0 Å². The standard InChI is InChI=1S/C20H25N5O/c1-4-25(5-2)16-8-9-18(15(3)13-16)23-19-10-11-21-20(24-19)22-14-17-7-6-12-26-17/h6-13H,4-5,14H2,1-3H3,(H2,21,22,23,24). The average molecular weight is 351 g/mol. The number of nitrogens with zero attached hydrogens (tertiary/aromatic N) is 3. The lowest BCUT2D eigenvalue weighted by Crippen LogP contribution is -2.21. The Bertz CT molecular complexity index is 828. The van der Waals surface area contributed by atoms with Crippen LogP contribution >= 0.6 is 0 Å². The predicted molar refractivity (Wildman–Crippen MR) is 106 cm³/mol. The zero-order valence-electron chi connectivity index (χ0n) is 15.5. The first-order chi connectivity index (χ1) is 12.7. The number of benzene rings is 1. The van der Waals surface area contributed by atoms with Gasteiger partial charge in [-0.1, -0.05) is 0 Å². The van der Waals surface area contributed by atoms with E-state index in [4.69, 9.17) is 4.42 Å². The summed E-state index contributed by atoms with van der Waals surface area (Å²) in [4.78, 5) is 11.1. The van der Waals surface area contributed by atoms with Crippen LogP contribution in [0.3, 0.4) is 0 Å². The number of furan rings is 1. The molecule has 0 saturated heterocycles. The molecule has 26 heavy (non-hydrogen) atoms. The minimum absolute atomic E-state index is 0.550. The Hall–Kier alpha value is -3.02. The van der Waals surface area contributed by atoms with Gasteiger partial charge in [0.1, 0.15) is 11.6 Å². The monoisotopic (exact) mass is 351 g/mol. The summed E-state index contributed by atoms with van der Waals surface area (Å²) >= 11 is 0. The van der Waals surface area contributed by atoms with Crippen LogP contribution in [0.4, 0.5) is 23.1 Å². The minimum atomic E-state index is 0.550. The number of hydrogen-bond acceptors (Lipinski definition) is 6. The van der Waals surface area contributed by atoms with E-state index in [1.165, 1.54) is 11.3 Å². The molecule has 2 heterocycles. The van der Waals surface area contributed by atoms with E-state index in [0.29, 0.717) is 12.5 Å². The molecule has 0 spiro atoms. The van der Waals surface area contributed by atoms with Crippen molar-refractivity contribution in [2.45, 2.75) is 27.3 Å². The molecule has 1 aromatic carbocycles. The average Bonchev–Trinajstić information content (AvgIpc) is 3.17. The quantitative estimate of drug-likeness (QED) is 0.619. The molecule has 6 heteroatoms. The third kappa shape index (κ3) is 4.33. The van der Waals surface area contributed by atoms with E-state index >= 15 is 0 Å². The zero-order valence-corrected chi connectivity index (χ0v) is 15.5. The Morgan fingerprint density at radius 1 is 1.12 bits per heavy atom. The first-order valence-corrected chi connectivity index (χ1v) is 8.91. The fraction of sp³-hybridized carbons (Fsp3) is 0.300. The second-order valence-electron chi connectivity index (χ2n) is 5.99. The van der Waals surface area contributed by atoms with Crippen LogP contribution < -0.4 is 15.5 Å². The number of aryl methyl sites for hydroxylation is 1. The van der Waals surface area contributed by atoms with Crippen molar-refractivity contribution in [1.82, 2.24) is 9.97 Å². The van der Waals surface area contributed by atoms with Crippen molar-refractivity contribution in [3.05, 3.63) is 60.2 Å². The molecule has 3 rings (SSSR count). The zero-order chi connectivity index (χ0) is 18.4. The van der Waals surface area contributed by atoms with Gasteiger partial charge < -0.3 is 20.0 Å². The molecule has 0 bridgehead atoms. The molecule has 0 atom stereocenters. The number of aromatic nitrogens is 2. The largest absolute Gasteiger partial charge is 0.467 e. The maximum Gasteiger partial charge on any atom is 0.224 e. The molecule has 136 valence electrons. The Morgan fingerprint density at radius 2 is 1.96 bits per heavy atom. The number of nitrogens with one attached hydrogen (secondary N) is 2. The lowest BCUT2D eigenvalue weighted by molar-refractivity contribution is 0.517. The summed E-state index contributed by atoms with van der Waals surface area (Å²) in [6, 6.07) is 12.1. The minimum Gasteiger partial charge on any atom is -0.467 e. The van der Waals surface area contributed by atoms with Gasteiger partial charge in [-0.3, -0.25) is 0 Å². The first-order valence-electron chi connectivity index (χ1n) is 8.91. The molecule has 0 aliphatic rings. The highest BCUT2D eigenvalue weighted by Gasteiger charge is 2.07. The van der Waals surface area contributed by atoms with Gasteiger partial charge in [0, 0.05) is 30.7 Å². The van der Waals surface area contributed by atoms with Gasteiger partial charge in [0.25, 0.3) is 0 Å². The van der Waals surface area contributed by atoms with E-state index in [2.05, 4.69) is 64.5 Å². The SMILES string of the molecule is CCN(CC)c1ccc(Nc2ccnc(NCc3ccco3)n2)c(C)c1. The molecule has 0 unspecified atom stereocenters. The van der Waals surface area contributed by atoms with Gasteiger partial charge in [-0.05, 0) is 62.7 Å². The van der Waals surface area contributed by atoms with Crippen molar-refractivity contribution in [1.29, 1.82) is 0 Å². The van der Waals surface area contributed by atoms with E-state index in [-0.39, 0.29) is 0 Å². The van der Waals surface area contributed by atoms with Crippen molar-refractivity contribution in [2.24, 2.45) is 0 Å². The summed E-state index contributed by atoms with van der Waals surface area (Å²) in [5.41, 5.74) is 3.45. The lowest BCUT2D eigenvalue weighted by Gasteiger charge is -2.22. The Labute approximate surface area is 154 Å². The topological polar surface area (TPSA) is 66.2 Å². The van der Waals surface area contributed by atoms with Crippen LogP contribution in [0, 0.1) is 6.92 Å². The lowest BCUT2D eigenvalue weighted by atomic mass is 10.1. The van der Waals surface area contributed by atoms with E-state index in [1.54, 1.807) is 12.5 Å². The van der Waals surface area contributed by atoms with Gasteiger partial charge in [-0.25, -0.2) is 4.98 Å². The van der Waals surface area contributed by atoms with Crippen molar-refractivity contribution >= 4 is 23.1 Å². The number of hydrogen-bond donors (Lipinski definition) is 2. The summed E-state index contributed by atoms with van der Waals surface area (Å²) in [6.45, 7) is 8.99. The molecule has 0 radical (unpaired) electrons. The molecule has 6 nitrogen and oxygen atoms in total. The van der Waals surface area contributed by atoms with Crippen LogP contribution in [-0.4, -0.2) is 23.1 Å². The van der Waals surface area contributed by atoms with Crippen LogP contribution in [0.15, 0.2) is 53.3 Å². The predicted octanol–water partition coefficient (Wildman–Crippen LogP) is 4.58. The number of anilines is 4. The molecular formula is C20H25N5O. The van der Waals surface area contributed by atoms with Crippen LogP contribution in [0.1, 0.15) is 25.2 Å². The van der Waals surface area contributed by atoms with Gasteiger partial charge in [0.15, 0.2) is 0 Å². The molecule has 3 aromatic rings. The highest BCUT2D eigenvalue weighted by Crippen LogP contribution is 2.25. The van der Waals surface area contributed by atoms with Gasteiger partial charge >= 0.3 is 0 Å². The van der Waals surface area contributed by atoms with Gasteiger partial charge in [0.05, 0.1) is 12.8 Å². The van der Waals surface area contributed by atoms with Crippen molar-refractivity contribution in [3.8, 4) is 0 Å². The van der Waals surface area contributed by atoms with E-state index in [1.807, 2.05) is 18.2 Å². The second kappa shape index (κ2) is 8.38. The molecule has 0 saturated carbocycles. The maximum atomic E-state index is 5.31. The van der Waals surface area contributed by atoms with E-state index in [9.17, 15) is 0 Å². The molecular weight excluding hydrogens is 326 g/mol.